The molecule has 0 bridgehead atoms. The molecule has 0 radical (unpaired) electrons. The van der Waals surface area contributed by atoms with Crippen molar-refractivity contribution in [2.75, 3.05) is 13.1 Å². The van der Waals surface area contributed by atoms with Crippen LogP contribution in [0.25, 0.3) is 5.57 Å². The van der Waals surface area contributed by atoms with Gasteiger partial charge in [0.25, 0.3) is 0 Å². The van der Waals surface area contributed by atoms with Gasteiger partial charge in [-0.1, -0.05) is 12.1 Å². The SMILES string of the molecule is O=C(O)C[C@@H]1CCCN1CCC=C(c1ccco1)c1cccs1. The second kappa shape index (κ2) is 7.62. The zero-order valence-corrected chi connectivity index (χ0v) is 13.8. The van der Waals surface area contributed by atoms with E-state index in [1.165, 1.54) is 4.88 Å². The third-order valence-corrected chi connectivity index (χ3v) is 5.15. The molecule has 5 heteroatoms. The van der Waals surface area contributed by atoms with Crippen molar-refractivity contribution in [3.63, 3.8) is 0 Å². The van der Waals surface area contributed by atoms with Crippen LogP contribution < -0.4 is 0 Å². The number of thiophene rings is 1. The van der Waals surface area contributed by atoms with Crippen LogP contribution in [0.2, 0.25) is 0 Å². The van der Waals surface area contributed by atoms with E-state index >= 15 is 0 Å². The summed E-state index contributed by atoms with van der Waals surface area (Å²) >= 11 is 1.70. The minimum absolute atomic E-state index is 0.190. The van der Waals surface area contributed by atoms with Crippen molar-refractivity contribution in [1.29, 1.82) is 0 Å². The Hall–Kier alpha value is -1.85. The lowest BCUT2D eigenvalue weighted by Crippen LogP contribution is -2.32. The lowest BCUT2D eigenvalue weighted by molar-refractivity contribution is -0.138. The van der Waals surface area contributed by atoms with Gasteiger partial charge in [-0.05, 0) is 49.4 Å². The molecule has 0 spiro atoms. The van der Waals surface area contributed by atoms with E-state index in [9.17, 15) is 4.79 Å². The Labute approximate surface area is 140 Å². The Morgan fingerprint density at radius 3 is 3.04 bits per heavy atom. The summed E-state index contributed by atoms with van der Waals surface area (Å²) in [4.78, 5) is 14.4. The maximum atomic E-state index is 10.9. The van der Waals surface area contributed by atoms with E-state index in [4.69, 9.17) is 9.52 Å². The van der Waals surface area contributed by atoms with Gasteiger partial charge < -0.3 is 9.52 Å². The minimum Gasteiger partial charge on any atom is -0.481 e. The first-order valence-corrected chi connectivity index (χ1v) is 8.86. The van der Waals surface area contributed by atoms with Gasteiger partial charge >= 0.3 is 5.97 Å². The molecule has 1 atom stereocenters. The van der Waals surface area contributed by atoms with Crippen molar-refractivity contribution in [2.24, 2.45) is 0 Å². The van der Waals surface area contributed by atoms with Crippen molar-refractivity contribution >= 4 is 22.9 Å². The van der Waals surface area contributed by atoms with Crippen LogP contribution in [0.3, 0.4) is 0 Å². The molecule has 1 aliphatic heterocycles. The normalized spacial score (nSPS) is 19.3. The van der Waals surface area contributed by atoms with E-state index < -0.39 is 5.97 Å². The smallest absolute Gasteiger partial charge is 0.304 e. The quantitative estimate of drug-likeness (QED) is 0.830. The number of aliphatic carboxylic acids is 1. The third-order valence-electron chi connectivity index (χ3n) is 4.25. The topological polar surface area (TPSA) is 53.7 Å². The molecule has 1 saturated heterocycles. The van der Waals surface area contributed by atoms with Gasteiger partial charge in [0.2, 0.25) is 0 Å². The number of furan rings is 1. The second-order valence-corrected chi connectivity index (χ2v) is 6.74. The molecule has 0 saturated carbocycles. The summed E-state index contributed by atoms with van der Waals surface area (Å²) < 4.78 is 5.56. The van der Waals surface area contributed by atoms with Gasteiger partial charge in [-0.2, -0.15) is 0 Å². The number of nitrogens with zero attached hydrogens (tertiary/aromatic N) is 1. The number of rotatable bonds is 7. The summed E-state index contributed by atoms with van der Waals surface area (Å²) in [6.45, 7) is 1.90. The van der Waals surface area contributed by atoms with E-state index in [1.807, 2.05) is 18.2 Å². The summed E-state index contributed by atoms with van der Waals surface area (Å²) in [5.74, 6) is 0.184. The summed E-state index contributed by atoms with van der Waals surface area (Å²) in [6.07, 6.45) is 7.13. The summed E-state index contributed by atoms with van der Waals surface area (Å²) in [7, 11) is 0. The maximum Gasteiger partial charge on any atom is 0.304 e. The van der Waals surface area contributed by atoms with Crippen molar-refractivity contribution in [1.82, 2.24) is 4.90 Å². The fraction of sp³-hybridized carbons (Fsp3) is 0.389. The van der Waals surface area contributed by atoms with Crippen molar-refractivity contribution in [3.8, 4) is 0 Å². The highest BCUT2D eigenvalue weighted by Gasteiger charge is 2.25. The van der Waals surface area contributed by atoms with Crippen LogP contribution in [-0.2, 0) is 4.79 Å². The van der Waals surface area contributed by atoms with Gasteiger partial charge in [-0.15, -0.1) is 11.3 Å². The Morgan fingerprint density at radius 1 is 1.43 bits per heavy atom. The number of carbonyl (C=O) groups is 1. The Kier molecular flexibility index (Phi) is 5.31. The van der Waals surface area contributed by atoms with Gasteiger partial charge in [0, 0.05) is 23.0 Å². The van der Waals surface area contributed by atoms with E-state index in [0.29, 0.717) is 0 Å². The summed E-state index contributed by atoms with van der Waals surface area (Å²) in [6, 6.07) is 8.21. The molecule has 0 aromatic carbocycles. The molecule has 1 N–H and O–H groups in total. The molecule has 0 amide bonds. The van der Waals surface area contributed by atoms with Crippen LogP contribution in [0.15, 0.2) is 46.4 Å². The zero-order valence-electron chi connectivity index (χ0n) is 13.0. The molecule has 1 aliphatic rings. The molecule has 1 fully saturated rings. The fourth-order valence-electron chi connectivity index (χ4n) is 3.18. The first kappa shape index (κ1) is 16.0. The highest BCUT2D eigenvalue weighted by Crippen LogP contribution is 2.28. The van der Waals surface area contributed by atoms with Crippen LogP contribution in [0.5, 0.6) is 0 Å². The van der Waals surface area contributed by atoms with Gasteiger partial charge in [-0.25, -0.2) is 0 Å². The van der Waals surface area contributed by atoms with Gasteiger partial charge in [0.15, 0.2) is 0 Å². The number of carboxylic acids is 1. The standard InChI is InChI=1S/C18H21NO3S/c20-18(21)13-14-5-1-9-19(14)10-2-6-15(16-7-3-11-22-16)17-8-4-12-23-17/h3-4,6-8,11-12,14H,1-2,5,9-10,13H2,(H,20,21)/t14-/m0/s1. The third kappa shape index (κ3) is 4.12. The van der Waals surface area contributed by atoms with E-state index in [-0.39, 0.29) is 12.5 Å². The van der Waals surface area contributed by atoms with E-state index in [0.717, 1.165) is 43.7 Å². The molecular formula is C18H21NO3S. The van der Waals surface area contributed by atoms with Crippen molar-refractivity contribution in [3.05, 3.63) is 52.6 Å². The van der Waals surface area contributed by atoms with E-state index in [2.05, 4.69) is 22.4 Å². The molecule has 0 unspecified atom stereocenters. The lowest BCUT2D eigenvalue weighted by Gasteiger charge is -2.22. The van der Waals surface area contributed by atoms with Gasteiger partial charge in [0.05, 0.1) is 12.7 Å². The fourth-order valence-corrected chi connectivity index (χ4v) is 3.95. The molecular weight excluding hydrogens is 310 g/mol. The first-order chi connectivity index (χ1) is 11.2. The lowest BCUT2D eigenvalue weighted by atomic mass is 10.1. The Bertz CT molecular complexity index is 610. The average Bonchev–Trinajstić information content (AvgIpc) is 3.26. The van der Waals surface area contributed by atoms with Crippen molar-refractivity contribution in [2.45, 2.75) is 31.7 Å². The van der Waals surface area contributed by atoms with Crippen LogP contribution in [0.4, 0.5) is 0 Å². The highest BCUT2D eigenvalue weighted by atomic mass is 32.1. The van der Waals surface area contributed by atoms with Crippen LogP contribution in [-0.4, -0.2) is 35.1 Å². The molecule has 23 heavy (non-hydrogen) atoms. The van der Waals surface area contributed by atoms with Crippen LogP contribution in [0, 0.1) is 0 Å². The number of hydrogen-bond acceptors (Lipinski definition) is 4. The van der Waals surface area contributed by atoms with Gasteiger partial charge in [0.1, 0.15) is 5.76 Å². The van der Waals surface area contributed by atoms with Crippen molar-refractivity contribution < 1.29 is 14.3 Å². The average molecular weight is 331 g/mol. The second-order valence-electron chi connectivity index (χ2n) is 5.79. The predicted molar refractivity (Wildman–Crippen MR) is 91.6 cm³/mol. The molecule has 0 aliphatic carbocycles. The van der Waals surface area contributed by atoms with Crippen LogP contribution in [0.1, 0.15) is 36.3 Å². The molecule has 122 valence electrons. The van der Waals surface area contributed by atoms with E-state index in [1.54, 1.807) is 17.6 Å². The minimum atomic E-state index is -0.702. The Morgan fingerprint density at radius 2 is 2.35 bits per heavy atom. The predicted octanol–water partition coefficient (Wildman–Crippen LogP) is 4.10. The molecule has 4 nitrogen and oxygen atoms in total. The molecule has 2 aromatic rings. The Balaban J connectivity index is 1.66. The first-order valence-electron chi connectivity index (χ1n) is 7.98. The molecule has 3 heterocycles. The largest absolute Gasteiger partial charge is 0.481 e. The number of hydrogen-bond donors (Lipinski definition) is 1. The monoisotopic (exact) mass is 331 g/mol. The number of likely N-dealkylation sites (tertiary alicyclic amines) is 1. The highest BCUT2D eigenvalue weighted by molar-refractivity contribution is 7.11. The van der Waals surface area contributed by atoms with Crippen LogP contribution >= 0.6 is 11.3 Å². The summed E-state index contributed by atoms with van der Waals surface area (Å²) in [5, 5.41) is 11.1. The number of carboxylic acid groups (broad SMARTS) is 1. The summed E-state index contributed by atoms with van der Waals surface area (Å²) in [5.41, 5.74) is 1.12. The maximum absolute atomic E-state index is 10.9. The molecule has 2 aromatic heterocycles. The molecule has 3 rings (SSSR count). The van der Waals surface area contributed by atoms with Gasteiger partial charge in [-0.3, -0.25) is 9.69 Å². The zero-order chi connectivity index (χ0) is 16.1.